The lowest BCUT2D eigenvalue weighted by Crippen LogP contribution is -2.14. The number of ketones is 1. The molecule has 1 aromatic heterocycles. The number of hydrogen-bond donors (Lipinski definition) is 2. The van der Waals surface area contributed by atoms with Gasteiger partial charge in [-0.2, -0.15) is 0 Å². The molecule has 7 nitrogen and oxygen atoms in total. The van der Waals surface area contributed by atoms with Crippen molar-refractivity contribution in [2.75, 3.05) is 17.7 Å². The van der Waals surface area contributed by atoms with E-state index in [9.17, 15) is 9.59 Å². The van der Waals surface area contributed by atoms with Crippen LogP contribution in [0, 0.1) is 0 Å². The Morgan fingerprint density at radius 1 is 1.00 bits per heavy atom. The Kier molecular flexibility index (Phi) is 5.86. The summed E-state index contributed by atoms with van der Waals surface area (Å²) in [5, 5.41) is 6.19. The van der Waals surface area contributed by atoms with Crippen LogP contribution in [-0.4, -0.2) is 28.8 Å². The Hall–Kier alpha value is -3.45. The number of aromatic nitrogens is 2. The van der Waals surface area contributed by atoms with Crippen LogP contribution in [-0.2, 0) is 0 Å². The smallest absolute Gasteiger partial charge is 0.274 e. The normalized spacial score (nSPS) is 10.2. The van der Waals surface area contributed by atoms with Crippen molar-refractivity contribution in [1.29, 1.82) is 0 Å². The van der Waals surface area contributed by atoms with Crippen molar-refractivity contribution < 1.29 is 14.3 Å². The molecule has 1 amide bonds. The lowest BCUT2D eigenvalue weighted by atomic mass is 10.1. The summed E-state index contributed by atoms with van der Waals surface area (Å²) < 4.78 is 5.09. The first-order chi connectivity index (χ1) is 13.5. The number of rotatable bonds is 6. The molecule has 0 fully saturated rings. The number of carbonyl (C=O) groups is 2. The van der Waals surface area contributed by atoms with E-state index in [0.29, 0.717) is 27.8 Å². The van der Waals surface area contributed by atoms with E-state index < -0.39 is 5.91 Å². The zero-order valence-corrected chi connectivity index (χ0v) is 15.9. The first-order valence-electron chi connectivity index (χ1n) is 8.31. The van der Waals surface area contributed by atoms with E-state index in [1.54, 1.807) is 42.5 Å². The Morgan fingerprint density at radius 2 is 1.71 bits per heavy atom. The van der Waals surface area contributed by atoms with Gasteiger partial charge in [0.05, 0.1) is 12.1 Å². The summed E-state index contributed by atoms with van der Waals surface area (Å²) >= 11 is 6.07. The molecule has 2 aromatic carbocycles. The summed E-state index contributed by atoms with van der Waals surface area (Å²) in [4.78, 5) is 31.9. The molecule has 0 radical (unpaired) electrons. The summed E-state index contributed by atoms with van der Waals surface area (Å²) in [6.45, 7) is 1.51. The maximum absolute atomic E-state index is 12.5. The highest BCUT2D eigenvalue weighted by atomic mass is 35.5. The maximum Gasteiger partial charge on any atom is 0.274 e. The second kappa shape index (κ2) is 8.49. The number of nitrogens with one attached hydrogen (secondary N) is 2. The fourth-order valence-electron chi connectivity index (χ4n) is 2.43. The monoisotopic (exact) mass is 396 g/mol. The highest BCUT2D eigenvalue weighted by Gasteiger charge is 2.11. The van der Waals surface area contributed by atoms with E-state index >= 15 is 0 Å². The topological polar surface area (TPSA) is 93.2 Å². The van der Waals surface area contributed by atoms with Gasteiger partial charge in [-0.1, -0.05) is 11.6 Å². The molecule has 0 spiro atoms. The summed E-state index contributed by atoms with van der Waals surface area (Å²) in [5.41, 5.74) is 2.05. The van der Waals surface area contributed by atoms with Crippen LogP contribution in [0.2, 0.25) is 5.02 Å². The van der Waals surface area contributed by atoms with E-state index in [-0.39, 0.29) is 11.5 Å². The lowest BCUT2D eigenvalue weighted by Gasteiger charge is -2.09. The van der Waals surface area contributed by atoms with E-state index in [4.69, 9.17) is 16.3 Å². The highest BCUT2D eigenvalue weighted by Crippen LogP contribution is 2.27. The van der Waals surface area contributed by atoms with Gasteiger partial charge in [0.2, 0.25) is 0 Å². The van der Waals surface area contributed by atoms with Gasteiger partial charge in [0.25, 0.3) is 5.91 Å². The fraction of sp³-hybridized carbons (Fsp3) is 0.100. The van der Waals surface area contributed by atoms with E-state index in [1.165, 1.54) is 26.4 Å². The Bertz CT molecular complexity index is 1020. The second-order valence-electron chi connectivity index (χ2n) is 5.85. The molecule has 0 saturated carbocycles. The van der Waals surface area contributed by atoms with Crippen molar-refractivity contribution in [2.24, 2.45) is 0 Å². The lowest BCUT2D eigenvalue weighted by molar-refractivity contribution is 0.101. The molecule has 0 atom stereocenters. The van der Waals surface area contributed by atoms with E-state index in [1.807, 2.05) is 0 Å². The van der Waals surface area contributed by atoms with Gasteiger partial charge >= 0.3 is 0 Å². The standard InChI is InChI=1S/C20H17ClN4O3/c1-12(26)13-3-5-14(6-4-13)24-19-10-17(22-11-23-19)20(27)25-15-7-8-18(28-2)16(21)9-15/h3-11H,1-2H3,(H,25,27)(H,22,23,24). The number of anilines is 3. The molecule has 0 aliphatic carbocycles. The van der Waals surface area contributed by atoms with Crippen LogP contribution >= 0.6 is 11.6 Å². The number of halogens is 1. The van der Waals surface area contributed by atoms with Gasteiger partial charge in [0, 0.05) is 23.0 Å². The predicted molar refractivity (Wildman–Crippen MR) is 108 cm³/mol. The maximum atomic E-state index is 12.5. The van der Waals surface area contributed by atoms with E-state index in [2.05, 4.69) is 20.6 Å². The number of benzene rings is 2. The number of hydrogen-bond acceptors (Lipinski definition) is 6. The number of carbonyl (C=O) groups excluding carboxylic acids is 2. The zero-order chi connectivity index (χ0) is 20.1. The minimum atomic E-state index is -0.404. The number of Topliss-reactive ketones (excluding diaryl/α,β-unsaturated/α-hetero) is 1. The quantitative estimate of drug-likeness (QED) is 0.602. The van der Waals surface area contributed by atoms with Crippen molar-refractivity contribution in [3.8, 4) is 5.75 Å². The van der Waals surface area contributed by atoms with Crippen LogP contribution in [0.15, 0.2) is 54.9 Å². The molecule has 0 aliphatic heterocycles. The molecule has 0 saturated heterocycles. The van der Waals surface area contributed by atoms with Gasteiger partial charge in [-0.3, -0.25) is 9.59 Å². The Balaban J connectivity index is 1.72. The molecule has 8 heteroatoms. The highest BCUT2D eigenvalue weighted by molar-refractivity contribution is 6.32. The third kappa shape index (κ3) is 4.63. The van der Waals surface area contributed by atoms with Gasteiger partial charge in [-0.25, -0.2) is 9.97 Å². The average molecular weight is 397 g/mol. The van der Waals surface area contributed by atoms with Crippen molar-refractivity contribution in [2.45, 2.75) is 6.92 Å². The molecule has 0 aliphatic rings. The molecular weight excluding hydrogens is 380 g/mol. The number of ether oxygens (including phenoxy) is 1. The van der Waals surface area contributed by atoms with Gasteiger partial charge < -0.3 is 15.4 Å². The first-order valence-corrected chi connectivity index (χ1v) is 8.69. The largest absolute Gasteiger partial charge is 0.495 e. The third-order valence-electron chi connectivity index (χ3n) is 3.87. The minimum Gasteiger partial charge on any atom is -0.495 e. The third-order valence-corrected chi connectivity index (χ3v) is 4.17. The van der Waals surface area contributed by atoms with Crippen molar-refractivity contribution in [3.63, 3.8) is 0 Å². The van der Waals surface area contributed by atoms with Gasteiger partial charge in [0.15, 0.2) is 5.78 Å². The number of amides is 1. The summed E-state index contributed by atoms with van der Waals surface area (Å²) in [6, 6.07) is 13.4. The van der Waals surface area contributed by atoms with Crippen LogP contribution in [0.3, 0.4) is 0 Å². The van der Waals surface area contributed by atoms with Crippen LogP contribution in [0.4, 0.5) is 17.2 Å². The Morgan fingerprint density at radius 3 is 2.36 bits per heavy atom. The molecule has 142 valence electrons. The molecule has 3 rings (SSSR count). The Labute approximate surface area is 166 Å². The molecule has 1 heterocycles. The van der Waals surface area contributed by atoms with Crippen LogP contribution < -0.4 is 15.4 Å². The summed E-state index contributed by atoms with van der Waals surface area (Å²) in [5.74, 6) is 0.553. The number of methoxy groups -OCH3 is 1. The predicted octanol–water partition coefficient (Wildman–Crippen LogP) is 4.34. The van der Waals surface area contributed by atoms with Crippen LogP contribution in [0.5, 0.6) is 5.75 Å². The second-order valence-corrected chi connectivity index (χ2v) is 6.26. The molecule has 0 bridgehead atoms. The molecule has 2 N–H and O–H groups in total. The van der Waals surface area contributed by atoms with E-state index in [0.717, 1.165) is 5.69 Å². The molecule has 28 heavy (non-hydrogen) atoms. The van der Waals surface area contributed by atoms with Gasteiger partial charge in [-0.05, 0) is 49.4 Å². The molecular formula is C20H17ClN4O3. The minimum absolute atomic E-state index is 0.00817. The van der Waals surface area contributed by atoms with Crippen molar-refractivity contribution in [1.82, 2.24) is 9.97 Å². The van der Waals surface area contributed by atoms with Crippen LogP contribution in [0.1, 0.15) is 27.8 Å². The van der Waals surface area contributed by atoms with Crippen LogP contribution in [0.25, 0.3) is 0 Å². The number of nitrogens with zero attached hydrogens (tertiary/aromatic N) is 2. The molecule has 0 unspecified atom stereocenters. The van der Waals surface area contributed by atoms with Crippen molar-refractivity contribution in [3.05, 3.63) is 71.1 Å². The first kappa shape index (κ1) is 19.3. The SMILES string of the molecule is COc1ccc(NC(=O)c2cc(Nc3ccc(C(C)=O)cc3)ncn2)cc1Cl. The van der Waals surface area contributed by atoms with Crippen molar-refractivity contribution >= 4 is 40.5 Å². The molecule has 3 aromatic rings. The zero-order valence-electron chi connectivity index (χ0n) is 15.2. The summed E-state index contributed by atoms with van der Waals surface area (Å²) in [7, 11) is 1.52. The fourth-order valence-corrected chi connectivity index (χ4v) is 2.68. The van der Waals surface area contributed by atoms with Gasteiger partial charge in [0.1, 0.15) is 23.6 Å². The van der Waals surface area contributed by atoms with Gasteiger partial charge in [-0.15, -0.1) is 0 Å². The average Bonchev–Trinajstić information content (AvgIpc) is 2.69. The summed E-state index contributed by atoms with van der Waals surface area (Å²) in [6.07, 6.45) is 1.29.